The summed E-state index contributed by atoms with van der Waals surface area (Å²) < 4.78 is 12.0. The topological polar surface area (TPSA) is 66.4 Å². The fourth-order valence-corrected chi connectivity index (χ4v) is 3.59. The van der Waals surface area contributed by atoms with Crippen molar-refractivity contribution in [3.05, 3.63) is 46.2 Å². The van der Waals surface area contributed by atoms with Gasteiger partial charge in [-0.15, -0.1) is 11.3 Å². The molecular formula is C15H17NO3S2. The number of rotatable bonds is 6. The fraction of sp³-hybridized carbons (Fsp3) is 0.267. The predicted octanol–water partition coefficient (Wildman–Crippen LogP) is 2.44. The van der Waals surface area contributed by atoms with Crippen molar-refractivity contribution < 1.29 is 14.1 Å². The zero-order chi connectivity index (χ0) is 15.2. The highest BCUT2D eigenvalue weighted by Gasteiger charge is 2.10. The number of thiophene rings is 1. The van der Waals surface area contributed by atoms with E-state index in [-0.39, 0.29) is 17.4 Å². The Balaban J connectivity index is 1.83. The van der Waals surface area contributed by atoms with Gasteiger partial charge in [0.2, 0.25) is 5.91 Å². The SMILES string of the molecule is CCc1ccc(CNC(=O)C[S@](=O)c2ccc(O)cc2)s1. The minimum atomic E-state index is -1.40. The second kappa shape index (κ2) is 7.38. The highest BCUT2D eigenvalue weighted by Crippen LogP contribution is 2.16. The van der Waals surface area contributed by atoms with Crippen molar-refractivity contribution in [3.63, 3.8) is 0 Å². The molecule has 1 aromatic heterocycles. The highest BCUT2D eigenvalue weighted by molar-refractivity contribution is 7.85. The maximum absolute atomic E-state index is 12.0. The van der Waals surface area contributed by atoms with Crippen molar-refractivity contribution in [3.8, 4) is 5.75 Å². The molecule has 0 spiro atoms. The first-order chi connectivity index (χ1) is 10.1. The lowest BCUT2D eigenvalue weighted by atomic mass is 10.3. The van der Waals surface area contributed by atoms with Crippen LogP contribution in [0.1, 0.15) is 16.7 Å². The van der Waals surface area contributed by atoms with Crippen LogP contribution in [0.2, 0.25) is 0 Å². The maximum Gasteiger partial charge on any atom is 0.233 e. The van der Waals surface area contributed by atoms with E-state index in [9.17, 15) is 14.1 Å². The second-order valence-corrected chi connectivity index (χ2v) is 7.19. The zero-order valence-electron chi connectivity index (χ0n) is 11.7. The molecule has 1 aromatic carbocycles. The van der Waals surface area contributed by atoms with E-state index >= 15 is 0 Å². The Morgan fingerprint density at radius 2 is 1.86 bits per heavy atom. The largest absolute Gasteiger partial charge is 0.508 e. The Bertz CT molecular complexity index is 635. The summed E-state index contributed by atoms with van der Waals surface area (Å²) in [5, 5.41) is 12.0. The van der Waals surface area contributed by atoms with Crippen molar-refractivity contribution in [2.24, 2.45) is 0 Å². The van der Waals surface area contributed by atoms with Crippen molar-refractivity contribution >= 4 is 28.0 Å². The van der Waals surface area contributed by atoms with Gasteiger partial charge in [0.25, 0.3) is 0 Å². The van der Waals surface area contributed by atoms with Crippen LogP contribution < -0.4 is 5.32 Å². The van der Waals surface area contributed by atoms with Gasteiger partial charge in [0.1, 0.15) is 11.5 Å². The first kappa shape index (κ1) is 15.7. The number of nitrogens with one attached hydrogen (secondary N) is 1. The number of hydrogen-bond acceptors (Lipinski definition) is 4. The molecule has 1 heterocycles. The smallest absolute Gasteiger partial charge is 0.233 e. The Kier molecular flexibility index (Phi) is 5.52. The molecule has 0 fully saturated rings. The minimum absolute atomic E-state index is 0.0726. The second-order valence-electron chi connectivity index (χ2n) is 4.48. The highest BCUT2D eigenvalue weighted by atomic mass is 32.2. The quantitative estimate of drug-likeness (QED) is 0.858. The number of carbonyl (C=O) groups excluding carboxylic acids is 1. The molecule has 0 aliphatic heterocycles. The van der Waals surface area contributed by atoms with E-state index in [1.807, 2.05) is 6.07 Å². The average Bonchev–Trinajstić information content (AvgIpc) is 2.94. The van der Waals surface area contributed by atoms with Gasteiger partial charge in [-0.3, -0.25) is 9.00 Å². The Hall–Kier alpha value is -1.66. The van der Waals surface area contributed by atoms with Crippen molar-refractivity contribution in [1.29, 1.82) is 0 Å². The van der Waals surface area contributed by atoms with Gasteiger partial charge in [0, 0.05) is 14.6 Å². The van der Waals surface area contributed by atoms with Gasteiger partial charge in [-0.1, -0.05) is 6.92 Å². The molecule has 0 aliphatic rings. The molecule has 0 aliphatic carbocycles. The van der Waals surface area contributed by atoms with Crippen LogP contribution in [-0.4, -0.2) is 21.0 Å². The molecule has 21 heavy (non-hydrogen) atoms. The van der Waals surface area contributed by atoms with Gasteiger partial charge in [-0.2, -0.15) is 0 Å². The molecule has 2 rings (SSSR count). The number of hydrogen-bond donors (Lipinski definition) is 2. The molecular weight excluding hydrogens is 306 g/mol. The molecule has 6 heteroatoms. The van der Waals surface area contributed by atoms with Gasteiger partial charge in [0.15, 0.2) is 0 Å². The van der Waals surface area contributed by atoms with Crippen LogP contribution >= 0.6 is 11.3 Å². The summed E-state index contributed by atoms with van der Waals surface area (Å²) in [7, 11) is -1.40. The summed E-state index contributed by atoms with van der Waals surface area (Å²) in [5.74, 6) is -0.200. The maximum atomic E-state index is 12.0. The Labute approximate surface area is 130 Å². The van der Waals surface area contributed by atoms with E-state index in [0.29, 0.717) is 11.4 Å². The van der Waals surface area contributed by atoms with Gasteiger partial charge in [-0.25, -0.2) is 0 Å². The van der Waals surface area contributed by atoms with E-state index < -0.39 is 10.8 Å². The minimum Gasteiger partial charge on any atom is -0.508 e. The molecule has 4 nitrogen and oxygen atoms in total. The molecule has 0 saturated carbocycles. The van der Waals surface area contributed by atoms with Gasteiger partial charge in [0.05, 0.1) is 17.3 Å². The van der Waals surface area contributed by atoms with E-state index in [1.165, 1.54) is 17.0 Å². The van der Waals surface area contributed by atoms with Crippen LogP contribution in [0.3, 0.4) is 0 Å². The fourth-order valence-electron chi connectivity index (χ4n) is 1.74. The Morgan fingerprint density at radius 1 is 1.19 bits per heavy atom. The summed E-state index contributed by atoms with van der Waals surface area (Å²) in [6.45, 7) is 2.56. The number of benzene rings is 1. The van der Waals surface area contributed by atoms with E-state index in [4.69, 9.17) is 0 Å². The first-order valence-electron chi connectivity index (χ1n) is 6.60. The monoisotopic (exact) mass is 323 g/mol. The van der Waals surface area contributed by atoms with Crippen molar-refractivity contribution in [1.82, 2.24) is 5.32 Å². The molecule has 2 aromatic rings. The van der Waals surface area contributed by atoms with Crippen LogP contribution in [-0.2, 0) is 28.6 Å². The molecule has 1 atom stereocenters. The average molecular weight is 323 g/mol. The van der Waals surface area contributed by atoms with Gasteiger partial charge >= 0.3 is 0 Å². The van der Waals surface area contributed by atoms with Crippen molar-refractivity contribution in [2.45, 2.75) is 24.8 Å². The summed E-state index contributed by atoms with van der Waals surface area (Å²) in [6.07, 6.45) is 0.990. The van der Waals surface area contributed by atoms with Crippen LogP contribution in [0.15, 0.2) is 41.3 Å². The zero-order valence-corrected chi connectivity index (χ0v) is 13.3. The number of aryl methyl sites for hydroxylation is 1. The van der Waals surface area contributed by atoms with Crippen LogP contribution in [0.4, 0.5) is 0 Å². The van der Waals surface area contributed by atoms with Gasteiger partial charge in [-0.05, 0) is 42.8 Å². The lowest BCUT2D eigenvalue weighted by Crippen LogP contribution is -2.27. The van der Waals surface area contributed by atoms with Crippen LogP contribution in [0.25, 0.3) is 0 Å². The van der Waals surface area contributed by atoms with Crippen LogP contribution in [0.5, 0.6) is 5.75 Å². The number of phenolic OH excluding ortho intramolecular Hbond substituents is 1. The molecule has 112 valence electrons. The standard InChI is InChI=1S/C15H17NO3S2/c1-2-12-5-6-13(20-12)9-16-15(18)10-21(19)14-7-3-11(17)4-8-14/h3-8,17H,2,9-10H2,1H3,(H,16,18)/t21-/m0/s1. The summed E-state index contributed by atoms with van der Waals surface area (Å²) in [4.78, 5) is 14.7. The van der Waals surface area contributed by atoms with E-state index in [1.54, 1.807) is 23.5 Å². The Morgan fingerprint density at radius 3 is 2.48 bits per heavy atom. The lowest BCUT2D eigenvalue weighted by Gasteiger charge is -2.04. The predicted molar refractivity (Wildman–Crippen MR) is 84.9 cm³/mol. The van der Waals surface area contributed by atoms with E-state index in [2.05, 4.69) is 18.3 Å². The molecule has 1 amide bonds. The number of carbonyl (C=O) groups is 1. The molecule has 0 saturated heterocycles. The molecule has 0 radical (unpaired) electrons. The summed E-state index contributed by atoms with van der Waals surface area (Å²) in [5.41, 5.74) is 0. The van der Waals surface area contributed by atoms with Crippen LogP contribution in [0, 0.1) is 0 Å². The summed E-state index contributed by atoms with van der Waals surface area (Å²) >= 11 is 1.67. The lowest BCUT2D eigenvalue weighted by molar-refractivity contribution is -0.118. The third-order valence-electron chi connectivity index (χ3n) is 2.89. The first-order valence-corrected chi connectivity index (χ1v) is 8.73. The summed E-state index contributed by atoms with van der Waals surface area (Å²) in [6, 6.07) is 10.1. The van der Waals surface area contributed by atoms with E-state index in [0.717, 1.165) is 11.3 Å². The normalized spacial score (nSPS) is 12.0. The molecule has 2 N–H and O–H groups in total. The third kappa shape index (κ3) is 4.68. The molecule has 0 unspecified atom stereocenters. The number of amides is 1. The third-order valence-corrected chi connectivity index (χ3v) is 5.44. The number of aromatic hydroxyl groups is 1. The molecule has 0 bridgehead atoms. The number of phenols is 1. The van der Waals surface area contributed by atoms with Crippen molar-refractivity contribution in [2.75, 3.05) is 5.75 Å². The van der Waals surface area contributed by atoms with Gasteiger partial charge < -0.3 is 10.4 Å².